The van der Waals surface area contributed by atoms with Crippen molar-refractivity contribution >= 4 is 23.5 Å². The number of carbonyl (C=O) groups excluding carboxylic acids is 1. The summed E-state index contributed by atoms with van der Waals surface area (Å²) in [6.45, 7) is 0. The Morgan fingerprint density at radius 3 is 3.09 bits per heavy atom. The fourth-order valence-corrected chi connectivity index (χ4v) is 1.68. The lowest BCUT2D eigenvalue weighted by Crippen LogP contribution is -2.12. The minimum atomic E-state index is -0.539. The first-order chi connectivity index (χ1) is 5.29. The zero-order chi connectivity index (χ0) is 7.84. The predicted molar refractivity (Wildman–Crippen MR) is 41.0 cm³/mol. The molecule has 2 rings (SSSR count). The van der Waals surface area contributed by atoms with Gasteiger partial charge in [0.2, 0.25) is 0 Å². The van der Waals surface area contributed by atoms with E-state index in [0.717, 1.165) is 4.91 Å². The van der Waals surface area contributed by atoms with Crippen LogP contribution in [0.5, 0.6) is 0 Å². The van der Waals surface area contributed by atoms with E-state index < -0.39 is 5.91 Å². The number of nitrogens with zero attached hydrogens (tertiary/aromatic N) is 3. The van der Waals surface area contributed by atoms with Crippen LogP contribution in [-0.2, 0) is 4.79 Å². The molecule has 0 bridgehead atoms. The first-order valence-corrected chi connectivity index (χ1v) is 3.91. The van der Waals surface area contributed by atoms with Crippen LogP contribution in [0.25, 0.3) is 0 Å². The van der Waals surface area contributed by atoms with Gasteiger partial charge in [-0.25, -0.2) is 0 Å². The number of fused-ring (bicyclic) bond motifs is 1. The number of nitrogens with two attached hydrogens (primary N) is 1. The molecule has 0 unspecified atom stereocenters. The summed E-state index contributed by atoms with van der Waals surface area (Å²) in [5, 5.41) is 7.28. The third kappa shape index (κ3) is 0.864. The Bertz CT molecular complexity index is 316. The molecule has 5 nitrogen and oxygen atoms in total. The zero-order valence-corrected chi connectivity index (χ0v) is 6.26. The summed E-state index contributed by atoms with van der Waals surface area (Å²) in [5.74, 6) is 0.618. The molecule has 0 fully saturated rings. The Kier molecular flexibility index (Phi) is 1.28. The molecule has 2 aliphatic heterocycles. The number of amidine groups is 1. The second-order valence-corrected chi connectivity index (χ2v) is 2.95. The molecule has 11 heavy (non-hydrogen) atoms. The van der Waals surface area contributed by atoms with Crippen LogP contribution in [0, 0.1) is 0 Å². The molecule has 0 aromatic heterocycles. The van der Waals surface area contributed by atoms with Crippen LogP contribution in [0.3, 0.4) is 0 Å². The highest BCUT2D eigenvalue weighted by Crippen LogP contribution is 2.32. The zero-order valence-electron chi connectivity index (χ0n) is 5.44. The van der Waals surface area contributed by atoms with E-state index in [0.29, 0.717) is 11.7 Å². The second kappa shape index (κ2) is 2.16. The van der Waals surface area contributed by atoms with Crippen molar-refractivity contribution in [2.45, 2.75) is 0 Å². The van der Waals surface area contributed by atoms with Crippen LogP contribution < -0.4 is 5.73 Å². The van der Waals surface area contributed by atoms with Crippen molar-refractivity contribution < 1.29 is 4.79 Å². The van der Waals surface area contributed by atoms with Crippen LogP contribution in [0.4, 0.5) is 0 Å². The summed E-state index contributed by atoms with van der Waals surface area (Å²) >= 11 is 1.44. The maximum atomic E-state index is 10.7. The van der Waals surface area contributed by atoms with E-state index in [2.05, 4.69) is 15.2 Å². The van der Waals surface area contributed by atoms with E-state index >= 15 is 0 Å². The molecule has 2 heterocycles. The topological polar surface area (TPSA) is 80.2 Å². The monoisotopic (exact) mass is 168 g/mol. The van der Waals surface area contributed by atoms with Crippen molar-refractivity contribution in [3.8, 4) is 0 Å². The van der Waals surface area contributed by atoms with Crippen molar-refractivity contribution in [3.05, 3.63) is 10.6 Å². The highest BCUT2D eigenvalue weighted by molar-refractivity contribution is 8.04. The predicted octanol–water partition coefficient (Wildman–Crippen LogP) is 0.252. The molecule has 0 aromatic carbocycles. The first kappa shape index (κ1) is 6.53. The van der Waals surface area contributed by atoms with Gasteiger partial charge in [-0.05, 0) is 0 Å². The summed E-state index contributed by atoms with van der Waals surface area (Å²) in [6, 6.07) is 0. The van der Waals surface area contributed by atoms with Crippen molar-refractivity contribution in [2.75, 3.05) is 5.88 Å². The van der Waals surface area contributed by atoms with Gasteiger partial charge in [0.25, 0.3) is 5.91 Å². The van der Waals surface area contributed by atoms with Crippen LogP contribution >= 0.6 is 11.8 Å². The number of primary amides is 1. The normalized spacial score (nSPS) is 20.5. The van der Waals surface area contributed by atoms with E-state index in [1.54, 1.807) is 0 Å². The largest absolute Gasteiger partial charge is 0.364 e. The molecule has 0 saturated heterocycles. The average molecular weight is 168 g/mol. The van der Waals surface area contributed by atoms with Crippen LogP contribution in [-0.4, -0.2) is 17.6 Å². The summed E-state index contributed by atoms with van der Waals surface area (Å²) in [5.41, 5.74) is 5.28. The third-order valence-electron chi connectivity index (χ3n) is 1.32. The van der Waals surface area contributed by atoms with Crippen molar-refractivity contribution in [1.29, 1.82) is 0 Å². The number of carbonyl (C=O) groups is 1. The van der Waals surface area contributed by atoms with Gasteiger partial charge in [0.1, 0.15) is 0 Å². The Labute approximate surface area is 66.5 Å². The molecule has 0 saturated carbocycles. The smallest absolute Gasteiger partial charge is 0.270 e. The van der Waals surface area contributed by atoms with Crippen molar-refractivity contribution in [3.63, 3.8) is 0 Å². The number of hydrogen-bond acceptors (Lipinski definition) is 5. The Morgan fingerprint density at radius 1 is 1.55 bits per heavy atom. The molecular weight excluding hydrogens is 164 g/mol. The first-order valence-electron chi connectivity index (χ1n) is 2.92. The summed E-state index contributed by atoms with van der Waals surface area (Å²) in [6.07, 6.45) is 0. The van der Waals surface area contributed by atoms with E-state index in [1.807, 2.05) is 0 Å². The maximum Gasteiger partial charge on any atom is 0.270 e. The summed E-state index contributed by atoms with van der Waals surface area (Å²) < 4.78 is 0. The molecule has 0 atom stereocenters. The van der Waals surface area contributed by atoms with Crippen LogP contribution in [0.2, 0.25) is 0 Å². The second-order valence-electron chi connectivity index (χ2n) is 2.00. The molecule has 0 radical (unpaired) electrons. The van der Waals surface area contributed by atoms with Crippen molar-refractivity contribution in [2.24, 2.45) is 21.0 Å². The fraction of sp³-hybridized carbons (Fsp3) is 0.200. The molecule has 2 aliphatic rings. The number of azo groups is 1. The Morgan fingerprint density at radius 2 is 2.36 bits per heavy atom. The van der Waals surface area contributed by atoms with Gasteiger partial charge in [-0.2, -0.15) is 0 Å². The molecule has 0 spiro atoms. The number of amides is 1. The molecule has 6 heteroatoms. The third-order valence-corrected chi connectivity index (χ3v) is 2.24. The van der Waals surface area contributed by atoms with Gasteiger partial charge in [0.05, 0.1) is 10.8 Å². The number of hydrogen-bond donors (Lipinski definition) is 1. The van der Waals surface area contributed by atoms with Gasteiger partial charge in [0, 0.05) is 0 Å². The van der Waals surface area contributed by atoms with Gasteiger partial charge in [-0.1, -0.05) is 11.8 Å². The highest BCUT2D eigenvalue weighted by Gasteiger charge is 2.26. The van der Waals surface area contributed by atoms with Gasteiger partial charge in [-0.15, -0.1) is 10.2 Å². The highest BCUT2D eigenvalue weighted by atomic mass is 32.2. The quantitative estimate of drug-likeness (QED) is 0.609. The average Bonchev–Trinajstić information content (AvgIpc) is 2.41. The number of thioether (sulfide) groups is 1. The molecule has 0 aromatic rings. The SMILES string of the molecule is NC(=O)C1=C2SCN=C2N=N1. The fourth-order valence-electron chi connectivity index (χ4n) is 0.850. The molecule has 2 N–H and O–H groups in total. The lowest BCUT2D eigenvalue weighted by atomic mass is 10.4. The summed E-state index contributed by atoms with van der Waals surface area (Å²) in [4.78, 5) is 15.4. The van der Waals surface area contributed by atoms with Gasteiger partial charge in [0.15, 0.2) is 11.5 Å². The van der Waals surface area contributed by atoms with Gasteiger partial charge >= 0.3 is 0 Å². The lowest BCUT2D eigenvalue weighted by Gasteiger charge is -1.90. The molecule has 0 aliphatic carbocycles. The minimum Gasteiger partial charge on any atom is -0.364 e. The van der Waals surface area contributed by atoms with Crippen molar-refractivity contribution in [1.82, 2.24) is 0 Å². The van der Waals surface area contributed by atoms with E-state index in [-0.39, 0.29) is 5.70 Å². The number of rotatable bonds is 1. The van der Waals surface area contributed by atoms with Crippen LogP contribution in [0.15, 0.2) is 25.8 Å². The lowest BCUT2D eigenvalue weighted by molar-refractivity contribution is -0.114. The van der Waals surface area contributed by atoms with Crippen LogP contribution in [0.1, 0.15) is 0 Å². The Balaban J connectivity index is 2.48. The summed E-state index contributed by atoms with van der Waals surface area (Å²) in [7, 11) is 0. The maximum absolute atomic E-state index is 10.7. The van der Waals surface area contributed by atoms with Gasteiger partial charge in [-0.3, -0.25) is 9.79 Å². The molecule has 1 amide bonds. The Hall–Kier alpha value is -1.17. The minimum absolute atomic E-state index is 0.242. The van der Waals surface area contributed by atoms with Gasteiger partial charge < -0.3 is 5.73 Å². The number of aliphatic imine (C=N–C) groups is 1. The van der Waals surface area contributed by atoms with E-state index in [4.69, 9.17) is 5.73 Å². The van der Waals surface area contributed by atoms with E-state index in [9.17, 15) is 4.79 Å². The van der Waals surface area contributed by atoms with E-state index in [1.165, 1.54) is 11.8 Å². The standard InChI is InChI=1S/C5H4N4OS/c6-4(10)2-3-5(9-8-2)7-1-11-3/h1H2,(H2,6,10). The molecule has 56 valence electrons. The molecular formula is C5H4N4OS.